The standard InChI is InChI=1S/C18H29NO2/c1-13(2)17-8-7-15(10-14(17)3)21-16-6-5-9-18(11-16,12-20)19-4/h7-8,10,13,16,19-20H,5-6,9,11-12H2,1-4H3. The Hall–Kier alpha value is -1.06. The molecular formula is C18H29NO2. The van der Waals surface area contributed by atoms with E-state index in [9.17, 15) is 5.11 Å². The van der Waals surface area contributed by atoms with E-state index in [2.05, 4.69) is 44.3 Å². The number of aliphatic hydroxyl groups excluding tert-OH is 1. The zero-order valence-electron chi connectivity index (χ0n) is 13.8. The van der Waals surface area contributed by atoms with E-state index < -0.39 is 0 Å². The van der Waals surface area contributed by atoms with E-state index in [-0.39, 0.29) is 18.2 Å². The second-order valence-corrected chi connectivity index (χ2v) is 6.70. The summed E-state index contributed by atoms with van der Waals surface area (Å²) in [4.78, 5) is 0. The average molecular weight is 291 g/mol. The van der Waals surface area contributed by atoms with Crippen molar-refractivity contribution < 1.29 is 9.84 Å². The third kappa shape index (κ3) is 3.78. The Kier molecular flexibility index (Phi) is 5.28. The molecule has 0 radical (unpaired) electrons. The van der Waals surface area contributed by atoms with Crippen LogP contribution in [-0.2, 0) is 0 Å². The Balaban J connectivity index is 2.06. The lowest BCUT2D eigenvalue weighted by Crippen LogP contribution is -2.52. The molecule has 0 heterocycles. The number of benzene rings is 1. The van der Waals surface area contributed by atoms with Crippen LogP contribution >= 0.6 is 0 Å². The molecule has 1 aliphatic rings. The maximum absolute atomic E-state index is 9.65. The molecule has 3 heteroatoms. The molecule has 1 aromatic carbocycles. The predicted molar refractivity (Wildman–Crippen MR) is 87.0 cm³/mol. The van der Waals surface area contributed by atoms with Gasteiger partial charge in [0.25, 0.3) is 0 Å². The van der Waals surface area contributed by atoms with Crippen molar-refractivity contribution in [3.8, 4) is 5.75 Å². The van der Waals surface area contributed by atoms with Crippen LogP contribution in [0.1, 0.15) is 56.6 Å². The van der Waals surface area contributed by atoms with E-state index in [4.69, 9.17) is 4.74 Å². The highest BCUT2D eigenvalue weighted by Crippen LogP contribution is 2.31. The van der Waals surface area contributed by atoms with Crippen LogP contribution in [0.5, 0.6) is 5.75 Å². The predicted octanol–water partition coefficient (Wildman–Crippen LogP) is 3.39. The lowest BCUT2D eigenvalue weighted by molar-refractivity contribution is 0.0554. The van der Waals surface area contributed by atoms with Crippen molar-refractivity contribution in [3.05, 3.63) is 29.3 Å². The Morgan fingerprint density at radius 1 is 1.43 bits per heavy atom. The van der Waals surface area contributed by atoms with Gasteiger partial charge in [0.2, 0.25) is 0 Å². The summed E-state index contributed by atoms with van der Waals surface area (Å²) < 4.78 is 6.18. The molecule has 0 spiro atoms. The fourth-order valence-electron chi connectivity index (χ4n) is 3.42. The van der Waals surface area contributed by atoms with Gasteiger partial charge in [-0.3, -0.25) is 0 Å². The van der Waals surface area contributed by atoms with Gasteiger partial charge in [-0.05, 0) is 62.4 Å². The average Bonchev–Trinajstić information content (AvgIpc) is 2.47. The largest absolute Gasteiger partial charge is 0.490 e. The van der Waals surface area contributed by atoms with E-state index in [1.54, 1.807) is 0 Å². The van der Waals surface area contributed by atoms with Crippen molar-refractivity contribution in [2.75, 3.05) is 13.7 Å². The fraction of sp³-hybridized carbons (Fsp3) is 0.667. The molecule has 0 amide bonds. The molecule has 118 valence electrons. The third-order valence-electron chi connectivity index (χ3n) is 4.80. The molecule has 2 unspecified atom stereocenters. The van der Waals surface area contributed by atoms with Crippen molar-refractivity contribution in [1.82, 2.24) is 5.32 Å². The molecule has 21 heavy (non-hydrogen) atoms. The van der Waals surface area contributed by atoms with Gasteiger partial charge in [-0.1, -0.05) is 19.9 Å². The quantitative estimate of drug-likeness (QED) is 0.874. The van der Waals surface area contributed by atoms with E-state index in [1.165, 1.54) is 11.1 Å². The summed E-state index contributed by atoms with van der Waals surface area (Å²) in [6.45, 7) is 6.75. The fourth-order valence-corrected chi connectivity index (χ4v) is 3.42. The summed E-state index contributed by atoms with van der Waals surface area (Å²) in [5.41, 5.74) is 2.50. The summed E-state index contributed by atoms with van der Waals surface area (Å²) in [7, 11) is 1.93. The first-order valence-corrected chi connectivity index (χ1v) is 8.06. The normalized spacial score (nSPS) is 26.1. The lowest BCUT2D eigenvalue weighted by atomic mass is 9.80. The van der Waals surface area contributed by atoms with Gasteiger partial charge < -0.3 is 15.2 Å². The molecule has 1 aliphatic carbocycles. The lowest BCUT2D eigenvalue weighted by Gasteiger charge is -2.39. The number of hydrogen-bond acceptors (Lipinski definition) is 3. The zero-order valence-corrected chi connectivity index (χ0v) is 13.8. The van der Waals surface area contributed by atoms with Gasteiger partial charge in [0.15, 0.2) is 0 Å². The first-order chi connectivity index (χ1) is 9.99. The minimum Gasteiger partial charge on any atom is -0.490 e. The Morgan fingerprint density at radius 3 is 2.76 bits per heavy atom. The summed E-state index contributed by atoms with van der Waals surface area (Å²) in [5.74, 6) is 1.49. The number of nitrogens with one attached hydrogen (secondary N) is 1. The monoisotopic (exact) mass is 291 g/mol. The van der Waals surface area contributed by atoms with Crippen molar-refractivity contribution in [2.45, 2.75) is 64.0 Å². The second-order valence-electron chi connectivity index (χ2n) is 6.70. The molecule has 2 N–H and O–H groups in total. The smallest absolute Gasteiger partial charge is 0.120 e. The first kappa shape index (κ1) is 16.3. The molecule has 0 bridgehead atoms. The molecule has 3 nitrogen and oxygen atoms in total. The summed E-state index contributed by atoms with van der Waals surface area (Å²) in [6.07, 6.45) is 4.22. The molecule has 1 saturated carbocycles. The van der Waals surface area contributed by atoms with Crippen LogP contribution in [-0.4, -0.2) is 30.4 Å². The molecule has 0 aromatic heterocycles. The van der Waals surface area contributed by atoms with E-state index in [0.717, 1.165) is 31.4 Å². The number of hydrogen-bond donors (Lipinski definition) is 2. The Labute approximate surface area is 128 Å². The van der Waals surface area contributed by atoms with Gasteiger partial charge >= 0.3 is 0 Å². The molecule has 2 rings (SSSR count). The first-order valence-electron chi connectivity index (χ1n) is 8.06. The number of aryl methyl sites for hydroxylation is 1. The third-order valence-corrected chi connectivity index (χ3v) is 4.80. The highest BCUT2D eigenvalue weighted by molar-refractivity contribution is 5.36. The highest BCUT2D eigenvalue weighted by Gasteiger charge is 2.35. The van der Waals surface area contributed by atoms with Crippen LogP contribution < -0.4 is 10.1 Å². The zero-order chi connectivity index (χ0) is 15.5. The summed E-state index contributed by atoms with van der Waals surface area (Å²) in [6, 6.07) is 6.40. The molecule has 0 saturated heterocycles. The SMILES string of the molecule is CNC1(CO)CCCC(Oc2ccc(C(C)C)c(C)c2)C1. The summed E-state index contributed by atoms with van der Waals surface area (Å²) >= 11 is 0. The van der Waals surface area contributed by atoms with Crippen LogP contribution in [0.3, 0.4) is 0 Å². The van der Waals surface area contributed by atoms with Gasteiger partial charge in [-0.15, -0.1) is 0 Å². The highest BCUT2D eigenvalue weighted by atomic mass is 16.5. The molecule has 1 fully saturated rings. The van der Waals surface area contributed by atoms with E-state index >= 15 is 0 Å². The van der Waals surface area contributed by atoms with Crippen LogP contribution in [0.15, 0.2) is 18.2 Å². The number of ether oxygens (including phenoxy) is 1. The molecular weight excluding hydrogens is 262 g/mol. The number of rotatable bonds is 5. The number of likely N-dealkylation sites (N-methyl/N-ethyl adjacent to an activating group) is 1. The Morgan fingerprint density at radius 2 is 2.19 bits per heavy atom. The van der Waals surface area contributed by atoms with Gasteiger partial charge in [-0.2, -0.15) is 0 Å². The van der Waals surface area contributed by atoms with E-state index in [0.29, 0.717) is 5.92 Å². The van der Waals surface area contributed by atoms with Crippen LogP contribution in [0.2, 0.25) is 0 Å². The van der Waals surface area contributed by atoms with Crippen molar-refractivity contribution in [1.29, 1.82) is 0 Å². The maximum atomic E-state index is 9.65. The molecule has 1 aromatic rings. The van der Waals surface area contributed by atoms with Crippen LogP contribution in [0.25, 0.3) is 0 Å². The van der Waals surface area contributed by atoms with Crippen LogP contribution in [0, 0.1) is 6.92 Å². The second kappa shape index (κ2) is 6.80. The van der Waals surface area contributed by atoms with Gasteiger partial charge in [0.05, 0.1) is 6.61 Å². The van der Waals surface area contributed by atoms with Crippen molar-refractivity contribution in [2.24, 2.45) is 0 Å². The minimum absolute atomic E-state index is 0.171. The molecule has 2 atom stereocenters. The topological polar surface area (TPSA) is 41.5 Å². The van der Waals surface area contributed by atoms with Crippen LogP contribution in [0.4, 0.5) is 0 Å². The number of aliphatic hydroxyl groups is 1. The van der Waals surface area contributed by atoms with Crippen molar-refractivity contribution >= 4 is 0 Å². The summed E-state index contributed by atoms with van der Waals surface area (Å²) in [5, 5.41) is 12.9. The van der Waals surface area contributed by atoms with Gasteiger partial charge in [-0.25, -0.2) is 0 Å². The maximum Gasteiger partial charge on any atom is 0.120 e. The van der Waals surface area contributed by atoms with Crippen molar-refractivity contribution in [3.63, 3.8) is 0 Å². The van der Waals surface area contributed by atoms with Gasteiger partial charge in [0, 0.05) is 12.0 Å². The van der Waals surface area contributed by atoms with E-state index in [1.807, 2.05) is 7.05 Å². The Bertz CT molecular complexity index is 466. The van der Waals surface area contributed by atoms with Gasteiger partial charge in [0.1, 0.15) is 11.9 Å². The molecule has 0 aliphatic heterocycles. The minimum atomic E-state index is -0.171.